The van der Waals surface area contributed by atoms with Crippen molar-refractivity contribution in [3.8, 4) is 0 Å². The molecule has 82 valence electrons. The lowest BCUT2D eigenvalue weighted by Gasteiger charge is -2.03. The second-order valence-electron chi connectivity index (χ2n) is 3.28. The van der Waals surface area contributed by atoms with E-state index in [2.05, 4.69) is 15.9 Å². The average Bonchev–Trinajstić information content (AvgIpc) is 2.74. The van der Waals surface area contributed by atoms with Crippen LogP contribution in [-0.4, -0.2) is 5.78 Å². The Balaban J connectivity index is 2.24. The number of halogens is 2. The van der Waals surface area contributed by atoms with Gasteiger partial charge in [0.1, 0.15) is 0 Å². The maximum Gasteiger partial charge on any atom is 0.169 e. The molecule has 0 saturated carbocycles. The van der Waals surface area contributed by atoms with Crippen LogP contribution in [0.15, 0.2) is 40.2 Å². The van der Waals surface area contributed by atoms with E-state index < -0.39 is 0 Å². The molecule has 0 unspecified atom stereocenters. The number of hydrogen-bond donors (Lipinski definition) is 0. The summed E-state index contributed by atoms with van der Waals surface area (Å²) in [5, 5.41) is 2.45. The Morgan fingerprint density at radius 2 is 2.12 bits per heavy atom. The zero-order valence-corrected chi connectivity index (χ0v) is 11.4. The van der Waals surface area contributed by atoms with Gasteiger partial charge in [0.15, 0.2) is 5.78 Å². The minimum Gasteiger partial charge on any atom is -0.294 e. The van der Waals surface area contributed by atoms with Crippen molar-refractivity contribution < 1.29 is 4.79 Å². The van der Waals surface area contributed by atoms with Gasteiger partial charge >= 0.3 is 0 Å². The third kappa shape index (κ3) is 2.54. The third-order valence-corrected chi connectivity index (χ3v) is 4.34. The number of carbonyl (C=O) groups is 1. The Kier molecular flexibility index (Phi) is 3.79. The highest BCUT2D eigenvalue weighted by atomic mass is 79.9. The first-order valence-electron chi connectivity index (χ1n) is 4.68. The Labute approximate surface area is 111 Å². The fraction of sp³-hybridized carbons (Fsp3) is 0.0833. The highest BCUT2D eigenvalue weighted by molar-refractivity contribution is 9.10. The van der Waals surface area contributed by atoms with Gasteiger partial charge in [0.05, 0.1) is 5.02 Å². The summed E-state index contributed by atoms with van der Waals surface area (Å²) in [5.41, 5.74) is 0.574. The largest absolute Gasteiger partial charge is 0.294 e. The standard InChI is InChI=1S/C12H8BrClOS/c13-10-5-1-4-9(12(10)14)11(15)7-8-3-2-6-16-8/h1-6H,7H2. The van der Waals surface area contributed by atoms with Gasteiger partial charge in [-0.25, -0.2) is 0 Å². The maximum atomic E-state index is 12.0. The van der Waals surface area contributed by atoms with Crippen LogP contribution in [0.5, 0.6) is 0 Å². The maximum absolute atomic E-state index is 12.0. The number of rotatable bonds is 3. The van der Waals surface area contributed by atoms with E-state index >= 15 is 0 Å². The lowest BCUT2D eigenvalue weighted by molar-refractivity contribution is 0.0994. The van der Waals surface area contributed by atoms with E-state index in [-0.39, 0.29) is 5.78 Å². The van der Waals surface area contributed by atoms with E-state index in [1.165, 1.54) is 0 Å². The molecule has 0 amide bonds. The van der Waals surface area contributed by atoms with E-state index in [9.17, 15) is 4.79 Å². The minimum absolute atomic E-state index is 0.0498. The number of Topliss-reactive ketones (excluding diaryl/α,β-unsaturated/α-hetero) is 1. The first-order chi connectivity index (χ1) is 7.68. The number of benzene rings is 1. The molecule has 1 nitrogen and oxygen atoms in total. The molecule has 2 aromatic rings. The molecule has 0 spiro atoms. The van der Waals surface area contributed by atoms with Gasteiger partial charge in [-0.3, -0.25) is 4.79 Å². The first kappa shape index (κ1) is 11.8. The molecule has 0 fully saturated rings. The van der Waals surface area contributed by atoms with Crippen LogP contribution in [0.3, 0.4) is 0 Å². The molecule has 0 saturated heterocycles. The van der Waals surface area contributed by atoms with Crippen molar-refractivity contribution in [2.45, 2.75) is 6.42 Å². The van der Waals surface area contributed by atoms with Crippen molar-refractivity contribution in [1.82, 2.24) is 0 Å². The van der Waals surface area contributed by atoms with Crippen molar-refractivity contribution in [3.63, 3.8) is 0 Å². The van der Waals surface area contributed by atoms with Crippen LogP contribution in [0.2, 0.25) is 5.02 Å². The number of thiophene rings is 1. The highest BCUT2D eigenvalue weighted by Crippen LogP contribution is 2.27. The summed E-state index contributed by atoms with van der Waals surface area (Å²) in [7, 11) is 0. The van der Waals surface area contributed by atoms with Gasteiger partial charge in [0.2, 0.25) is 0 Å². The minimum atomic E-state index is 0.0498. The lowest BCUT2D eigenvalue weighted by Crippen LogP contribution is -2.03. The Bertz CT molecular complexity index is 508. The second-order valence-corrected chi connectivity index (χ2v) is 5.55. The summed E-state index contributed by atoms with van der Waals surface area (Å²) in [5.74, 6) is 0.0498. The molecule has 0 N–H and O–H groups in total. The number of hydrogen-bond acceptors (Lipinski definition) is 2. The van der Waals surface area contributed by atoms with Crippen molar-refractivity contribution in [1.29, 1.82) is 0 Å². The fourth-order valence-corrected chi connectivity index (χ4v) is 2.69. The van der Waals surface area contributed by atoms with Crippen LogP contribution in [-0.2, 0) is 6.42 Å². The Hall–Kier alpha value is -0.640. The Morgan fingerprint density at radius 1 is 1.31 bits per heavy atom. The zero-order chi connectivity index (χ0) is 11.5. The van der Waals surface area contributed by atoms with Crippen LogP contribution in [0.4, 0.5) is 0 Å². The monoisotopic (exact) mass is 314 g/mol. The summed E-state index contributed by atoms with van der Waals surface area (Å²) in [6, 6.07) is 9.29. The summed E-state index contributed by atoms with van der Waals surface area (Å²) in [4.78, 5) is 13.0. The van der Waals surface area contributed by atoms with Gasteiger partial charge in [0.25, 0.3) is 0 Å². The van der Waals surface area contributed by atoms with E-state index in [4.69, 9.17) is 11.6 Å². The van der Waals surface area contributed by atoms with Crippen LogP contribution in [0.1, 0.15) is 15.2 Å². The predicted octanol–water partition coefficient (Wildman–Crippen LogP) is 4.59. The van der Waals surface area contributed by atoms with E-state index in [1.807, 2.05) is 29.6 Å². The van der Waals surface area contributed by atoms with Crippen molar-refractivity contribution >= 4 is 44.7 Å². The van der Waals surface area contributed by atoms with Gasteiger partial charge in [-0.1, -0.05) is 23.7 Å². The highest BCUT2D eigenvalue weighted by Gasteiger charge is 2.13. The van der Waals surface area contributed by atoms with E-state index in [0.717, 1.165) is 9.35 Å². The molecule has 0 aliphatic rings. The molecular formula is C12H8BrClOS. The molecule has 4 heteroatoms. The molecule has 0 aliphatic heterocycles. The second kappa shape index (κ2) is 5.13. The fourth-order valence-electron chi connectivity index (χ4n) is 1.39. The normalized spacial score (nSPS) is 10.4. The third-order valence-electron chi connectivity index (χ3n) is 2.17. The quantitative estimate of drug-likeness (QED) is 0.757. The van der Waals surface area contributed by atoms with Gasteiger partial charge < -0.3 is 0 Å². The number of carbonyl (C=O) groups excluding carboxylic acids is 1. The molecular weight excluding hydrogens is 308 g/mol. The van der Waals surface area contributed by atoms with E-state index in [1.54, 1.807) is 17.4 Å². The first-order valence-corrected chi connectivity index (χ1v) is 6.73. The molecule has 1 heterocycles. The lowest BCUT2D eigenvalue weighted by atomic mass is 10.1. The van der Waals surface area contributed by atoms with Crippen molar-refractivity contribution in [2.75, 3.05) is 0 Å². The predicted molar refractivity (Wildman–Crippen MR) is 71.5 cm³/mol. The number of ketones is 1. The molecule has 1 aromatic heterocycles. The molecule has 16 heavy (non-hydrogen) atoms. The summed E-state index contributed by atoms with van der Waals surface area (Å²) < 4.78 is 0.756. The van der Waals surface area contributed by atoms with Crippen molar-refractivity contribution in [2.24, 2.45) is 0 Å². The molecule has 0 aliphatic carbocycles. The SMILES string of the molecule is O=C(Cc1cccs1)c1cccc(Br)c1Cl. The molecule has 1 aromatic carbocycles. The zero-order valence-electron chi connectivity index (χ0n) is 8.24. The molecule has 2 rings (SSSR count). The van der Waals surface area contributed by atoms with Gasteiger partial charge in [-0.15, -0.1) is 11.3 Å². The van der Waals surface area contributed by atoms with Crippen LogP contribution >= 0.6 is 38.9 Å². The molecule has 0 radical (unpaired) electrons. The van der Waals surface area contributed by atoms with E-state index in [0.29, 0.717) is 17.0 Å². The van der Waals surface area contributed by atoms with Gasteiger partial charge in [0, 0.05) is 21.3 Å². The average molecular weight is 316 g/mol. The summed E-state index contributed by atoms with van der Waals surface area (Å²) in [6.45, 7) is 0. The van der Waals surface area contributed by atoms with Crippen LogP contribution < -0.4 is 0 Å². The van der Waals surface area contributed by atoms with Crippen LogP contribution in [0.25, 0.3) is 0 Å². The topological polar surface area (TPSA) is 17.1 Å². The smallest absolute Gasteiger partial charge is 0.169 e. The summed E-state index contributed by atoms with van der Waals surface area (Å²) in [6.07, 6.45) is 0.411. The summed E-state index contributed by atoms with van der Waals surface area (Å²) >= 11 is 11.0. The van der Waals surface area contributed by atoms with Crippen LogP contribution in [0, 0.1) is 0 Å². The van der Waals surface area contributed by atoms with Crippen molar-refractivity contribution in [3.05, 3.63) is 55.6 Å². The van der Waals surface area contributed by atoms with Gasteiger partial charge in [-0.2, -0.15) is 0 Å². The molecule has 0 bridgehead atoms. The van der Waals surface area contributed by atoms with Gasteiger partial charge in [-0.05, 0) is 39.5 Å². The Morgan fingerprint density at radius 3 is 2.81 bits per heavy atom. The molecule has 0 atom stereocenters.